The highest BCUT2D eigenvalue weighted by Gasteiger charge is 2.37. The van der Waals surface area contributed by atoms with E-state index >= 15 is 0 Å². The number of amides is 1. The molecule has 13 heteroatoms. The Bertz CT molecular complexity index is 1140. The first-order valence-electron chi connectivity index (χ1n) is 11.0. The van der Waals surface area contributed by atoms with Crippen LogP contribution in [0.2, 0.25) is 5.02 Å². The Kier molecular flexibility index (Phi) is 7.71. The monoisotopic (exact) mass is 507 g/mol. The second-order valence-electron chi connectivity index (χ2n) is 8.07. The van der Waals surface area contributed by atoms with E-state index in [2.05, 4.69) is 30.9 Å². The van der Waals surface area contributed by atoms with Gasteiger partial charge in [-0.05, 0) is 68.6 Å². The quantitative estimate of drug-likeness (QED) is 0.314. The Morgan fingerprint density at radius 2 is 1.91 bits per heavy atom. The lowest BCUT2D eigenvalue weighted by atomic mass is 10.2. The zero-order chi connectivity index (χ0) is 24.2. The maximum Gasteiger partial charge on any atom is 0.404 e. The molecule has 2 aliphatic rings. The Hall–Kier alpha value is -2.67. The minimum Gasteiger partial charge on any atom is -0.465 e. The van der Waals surface area contributed by atoms with Gasteiger partial charge in [-0.25, -0.2) is 19.4 Å². The molecule has 0 aliphatic heterocycles. The first kappa shape index (κ1) is 24.5. The van der Waals surface area contributed by atoms with Gasteiger partial charge in [0.1, 0.15) is 6.10 Å². The SMILES string of the molecule is CCNC(=O)O.O[C@@H]1[C@H](O)CC[C@H]1n1nnc2c(NC3CC3)nc(Sc3ccc(Cl)cc3)nc21. The van der Waals surface area contributed by atoms with E-state index in [4.69, 9.17) is 16.7 Å². The molecule has 3 atom stereocenters. The number of aliphatic hydroxyl groups excluding tert-OH is 2. The molecule has 1 aromatic carbocycles. The number of nitrogens with one attached hydrogen (secondary N) is 2. The Morgan fingerprint density at radius 3 is 2.47 bits per heavy atom. The lowest BCUT2D eigenvalue weighted by Gasteiger charge is -2.16. The fraction of sp³-hybridized carbons (Fsp3) is 0.476. The molecule has 0 unspecified atom stereocenters. The average molecular weight is 508 g/mol. The molecule has 5 rings (SSSR count). The van der Waals surface area contributed by atoms with Crippen molar-refractivity contribution < 1.29 is 20.1 Å². The summed E-state index contributed by atoms with van der Waals surface area (Å²) in [6.45, 7) is 2.21. The largest absolute Gasteiger partial charge is 0.465 e. The molecule has 34 heavy (non-hydrogen) atoms. The van der Waals surface area contributed by atoms with Crippen molar-refractivity contribution in [3.63, 3.8) is 0 Å². The number of anilines is 1. The van der Waals surface area contributed by atoms with Gasteiger partial charge in [-0.2, -0.15) is 0 Å². The normalized spacial score (nSPS) is 21.7. The van der Waals surface area contributed by atoms with Crippen LogP contribution in [0.3, 0.4) is 0 Å². The third-order valence-corrected chi connectivity index (χ3v) is 6.56. The summed E-state index contributed by atoms with van der Waals surface area (Å²) in [5.41, 5.74) is 1.15. The zero-order valence-corrected chi connectivity index (χ0v) is 20.0. The first-order chi connectivity index (χ1) is 16.4. The lowest BCUT2D eigenvalue weighted by Crippen LogP contribution is -2.28. The van der Waals surface area contributed by atoms with Crippen LogP contribution < -0.4 is 10.6 Å². The topological polar surface area (TPSA) is 158 Å². The van der Waals surface area contributed by atoms with Gasteiger partial charge in [0.25, 0.3) is 0 Å². The van der Waals surface area contributed by atoms with Gasteiger partial charge >= 0.3 is 6.09 Å². The van der Waals surface area contributed by atoms with Crippen LogP contribution in [0.1, 0.15) is 38.6 Å². The van der Waals surface area contributed by atoms with E-state index < -0.39 is 18.3 Å². The van der Waals surface area contributed by atoms with Crippen molar-refractivity contribution in [2.45, 2.75) is 67.0 Å². The molecule has 3 aromatic rings. The third-order valence-electron chi connectivity index (χ3n) is 5.43. The van der Waals surface area contributed by atoms with E-state index in [0.29, 0.717) is 52.6 Å². The molecule has 11 nitrogen and oxygen atoms in total. The summed E-state index contributed by atoms with van der Waals surface area (Å²) in [7, 11) is 0. The van der Waals surface area contributed by atoms with Crippen LogP contribution in [0.25, 0.3) is 11.2 Å². The van der Waals surface area contributed by atoms with Gasteiger partial charge in [0.05, 0.1) is 12.1 Å². The van der Waals surface area contributed by atoms with Crippen molar-refractivity contribution >= 4 is 46.4 Å². The van der Waals surface area contributed by atoms with Gasteiger partial charge < -0.3 is 26.0 Å². The molecule has 0 bridgehead atoms. The van der Waals surface area contributed by atoms with E-state index in [9.17, 15) is 15.0 Å². The number of aromatic nitrogens is 5. The third kappa shape index (κ3) is 5.87. The van der Waals surface area contributed by atoms with Gasteiger partial charge in [-0.15, -0.1) is 5.10 Å². The molecule has 2 aromatic heterocycles. The van der Waals surface area contributed by atoms with Crippen LogP contribution in [-0.2, 0) is 0 Å². The fourth-order valence-electron chi connectivity index (χ4n) is 3.57. The van der Waals surface area contributed by atoms with Crippen LogP contribution in [0.4, 0.5) is 10.6 Å². The second kappa shape index (κ2) is 10.7. The standard InChI is InChI=1S/C18H19ClN6O2S.C3H7NO2/c19-9-1-5-11(6-2-9)28-18-21-16(20-10-3-4-10)14-17(22-18)25(24-23-14)12-7-8-13(26)15(12)27;1-2-4-3(5)6/h1-2,5-6,10,12-13,15,26-27H,3-4,7-8H2,(H,20,21,22);4H,2H2,1H3,(H,5,6)/t12-,13-,15+;/m1./s1. The molecule has 0 radical (unpaired) electrons. The molecular formula is C21H26ClN7O4S. The van der Waals surface area contributed by atoms with Gasteiger partial charge in [0.15, 0.2) is 22.1 Å². The summed E-state index contributed by atoms with van der Waals surface area (Å²) in [5.74, 6) is 0.656. The molecule has 1 amide bonds. The van der Waals surface area contributed by atoms with E-state index in [0.717, 1.165) is 17.7 Å². The van der Waals surface area contributed by atoms with E-state index in [1.54, 1.807) is 11.6 Å². The smallest absolute Gasteiger partial charge is 0.404 e. The number of carboxylic acid groups (broad SMARTS) is 1. The maximum atomic E-state index is 10.3. The molecule has 5 N–H and O–H groups in total. The summed E-state index contributed by atoms with van der Waals surface area (Å²) in [6, 6.07) is 7.54. The average Bonchev–Trinajstić information content (AvgIpc) is 3.42. The first-order valence-corrected chi connectivity index (χ1v) is 12.2. The zero-order valence-electron chi connectivity index (χ0n) is 18.4. The molecule has 2 heterocycles. The molecule has 2 aliphatic carbocycles. The van der Waals surface area contributed by atoms with Gasteiger partial charge in [0.2, 0.25) is 0 Å². The number of rotatable bonds is 6. The number of hydrogen-bond donors (Lipinski definition) is 5. The van der Waals surface area contributed by atoms with Gasteiger partial charge in [-0.3, -0.25) is 0 Å². The van der Waals surface area contributed by atoms with Crippen molar-refractivity contribution in [2.24, 2.45) is 0 Å². The highest BCUT2D eigenvalue weighted by atomic mass is 35.5. The van der Waals surface area contributed by atoms with E-state index in [1.165, 1.54) is 11.8 Å². The molecule has 2 saturated carbocycles. The number of nitrogens with zero attached hydrogens (tertiary/aromatic N) is 5. The summed E-state index contributed by atoms with van der Waals surface area (Å²) < 4.78 is 1.63. The Morgan fingerprint density at radius 1 is 1.18 bits per heavy atom. The minimum absolute atomic E-state index is 0.350. The predicted molar refractivity (Wildman–Crippen MR) is 127 cm³/mol. The van der Waals surface area contributed by atoms with Crippen LogP contribution in [0.5, 0.6) is 0 Å². The highest BCUT2D eigenvalue weighted by Crippen LogP contribution is 2.35. The number of fused-ring (bicyclic) bond motifs is 1. The predicted octanol–water partition coefficient (Wildman–Crippen LogP) is 2.93. The van der Waals surface area contributed by atoms with Crippen LogP contribution in [0.15, 0.2) is 34.3 Å². The highest BCUT2D eigenvalue weighted by molar-refractivity contribution is 7.99. The number of carbonyl (C=O) groups is 1. The Labute approximate surface area is 204 Å². The van der Waals surface area contributed by atoms with Crippen LogP contribution >= 0.6 is 23.4 Å². The van der Waals surface area contributed by atoms with Crippen molar-refractivity contribution in [1.29, 1.82) is 0 Å². The summed E-state index contributed by atoms with van der Waals surface area (Å²) in [5, 5.41) is 43.3. The van der Waals surface area contributed by atoms with E-state index in [-0.39, 0.29) is 6.04 Å². The molecule has 0 saturated heterocycles. The summed E-state index contributed by atoms with van der Waals surface area (Å²) in [4.78, 5) is 19.8. The van der Waals surface area contributed by atoms with Crippen LogP contribution in [-0.4, -0.2) is 71.2 Å². The number of halogens is 1. The van der Waals surface area contributed by atoms with Gasteiger partial charge in [0, 0.05) is 22.5 Å². The van der Waals surface area contributed by atoms with Crippen molar-refractivity contribution in [2.75, 3.05) is 11.9 Å². The summed E-state index contributed by atoms with van der Waals surface area (Å²) >= 11 is 7.40. The maximum absolute atomic E-state index is 10.3. The van der Waals surface area contributed by atoms with E-state index in [1.807, 2.05) is 24.3 Å². The van der Waals surface area contributed by atoms with Crippen molar-refractivity contribution in [1.82, 2.24) is 30.3 Å². The lowest BCUT2D eigenvalue weighted by molar-refractivity contribution is 0.0215. The van der Waals surface area contributed by atoms with Crippen molar-refractivity contribution in [3.8, 4) is 0 Å². The minimum atomic E-state index is -0.961. The number of hydrogen-bond acceptors (Lipinski definition) is 9. The van der Waals surface area contributed by atoms with Crippen molar-refractivity contribution in [3.05, 3.63) is 29.3 Å². The second-order valence-corrected chi connectivity index (χ2v) is 9.55. The Balaban J connectivity index is 0.000000408. The molecule has 182 valence electrons. The molecular weight excluding hydrogens is 482 g/mol. The molecule has 2 fully saturated rings. The number of aliphatic hydroxyl groups is 2. The fourth-order valence-corrected chi connectivity index (χ4v) is 4.44. The van der Waals surface area contributed by atoms with Crippen LogP contribution in [0, 0.1) is 0 Å². The van der Waals surface area contributed by atoms with Gasteiger partial charge in [-0.1, -0.05) is 16.8 Å². The number of benzene rings is 1. The molecule has 0 spiro atoms. The summed E-state index contributed by atoms with van der Waals surface area (Å²) in [6.07, 6.45) is 0.760.